The van der Waals surface area contributed by atoms with Crippen LogP contribution in [0.3, 0.4) is 0 Å². The molecule has 0 aromatic heterocycles. The van der Waals surface area contributed by atoms with E-state index in [2.05, 4.69) is 5.32 Å². The van der Waals surface area contributed by atoms with Crippen LogP contribution >= 0.6 is 11.6 Å². The fourth-order valence-electron chi connectivity index (χ4n) is 6.63. The summed E-state index contributed by atoms with van der Waals surface area (Å²) in [6.45, 7) is 2.79. The largest absolute Gasteiger partial charge is 0.480 e. The van der Waals surface area contributed by atoms with Crippen molar-refractivity contribution in [3.8, 4) is 16.9 Å². The standard InChI is InChI=1S/C29H27ClF2N2O3/c1-14-23-21(37-29(14,22-8-5-11-34-22)15-6-3-2-4-7-15)13-19(31)26(30)25(23)24-18(28(33)36)12-17-16(27(24)32)9-10-20(17)35/h2-4,6-7,12-14,20,22,34-35H,5,8-11H2,1H3,(H2,33,36)/t14-,20+,22-,29-/m0/s1. The van der Waals surface area contributed by atoms with Gasteiger partial charge in [-0.1, -0.05) is 48.9 Å². The summed E-state index contributed by atoms with van der Waals surface area (Å²) in [4.78, 5) is 12.6. The number of halogens is 3. The number of ether oxygens (including phenoxy) is 1. The Labute approximate surface area is 218 Å². The Morgan fingerprint density at radius 1 is 1.19 bits per heavy atom. The second-order valence-electron chi connectivity index (χ2n) is 10.2. The van der Waals surface area contributed by atoms with Crippen LogP contribution in [0, 0.1) is 11.6 Å². The van der Waals surface area contributed by atoms with Gasteiger partial charge in [-0.25, -0.2) is 8.78 Å². The molecular formula is C29H27ClF2N2O3. The molecule has 0 spiro atoms. The van der Waals surface area contributed by atoms with Gasteiger partial charge in [-0.2, -0.15) is 0 Å². The zero-order valence-electron chi connectivity index (χ0n) is 20.3. The fourth-order valence-corrected chi connectivity index (χ4v) is 6.88. The number of nitrogens with two attached hydrogens (primary N) is 1. The van der Waals surface area contributed by atoms with Gasteiger partial charge < -0.3 is 20.9 Å². The first-order valence-electron chi connectivity index (χ1n) is 12.6. The number of aliphatic hydroxyl groups excluding tert-OH is 1. The van der Waals surface area contributed by atoms with Crippen molar-refractivity contribution in [2.45, 2.75) is 56.3 Å². The summed E-state index contributed by atoms with van der Waals surface area (Å²) >= 11 is 6.59. The molecule has 1 amide bonds. The van der Waals surface area contributed by atoms with E-state index in [1.54, 1.807) is 0 Å². The number of benzene rings is 3. The lowest BCUT2D eigenvalue weighted by atomic mass is 9.73. The van der Waals surface area contributed by atoms with Crippen LogP contribution in [0.2, 0.25) is 5.02 Å². The molecule has 3 aliphatic rings. The zero-order valence-corrected chi connectivity index (χ0v) is 21.0. The van der Waals surface area contributed by atoms with E-state index in [0.29, 0.717) is 23.1 Å². The Kier molecular flexibility index (Phi) is 5.78. The molecule has 0 saturated carbocycles. The van der Waals surface area contributed by atoms with Gasteiger partial charge in [-0.15, -0.1) is 0 Å². The van der Waals surface area contributed by atoms with Crippen LogP contribution in [-0.4, -0.2) is 23.6 Å². The lowest BCUT2D eigenvalue weighted by Gasteiger charge is -2.39. The van der Waals surface area contributed by atoms with Crippen molar-refractivity contribution < 1.29 is 23.4 Å². The molecule has 4 N–H and O–H groups in total. The Hall–Kier alpha value is -3.00. The monoisotopic (exact) mass is 524 g/mol. The zero-order chi connectivity index (χ0) is 26.1. The van der Waals surface area contributed by atoms with Crippen LogP contribution in [0.4, 0.5) is 8.78 Å². The number of hydrogen-bond donors (Lipinski definition) is 3. The fraction of sp³-hybridized carbons (Fsp3) is 0.345. The topological polar surface area (TPSA) is 84.6 Å². The SMILES string of the molecule is C[C@H]1c2c(cc(F)c(Cl)c2-c2c(C(N)=O)cc3c(c2F)CC[C@H]3O)O[C@@]1(c1ccccc1)[C@@H]1CCCN1. The summed E-state index contributed by atoms with van der Waals surface area (Å²) in [5.41, 5.74) is 6.67. The van der Waals surface area contributed by atoms with Crippen molar-refractivity contribution in [2.24, 2.45) is 5.73 Å². The number of nitrogens with one attached hydrogen (secondary N) is 1. The number of primary amides is 1. The molecule has 1 fully saturated rings. The summed E-state index contributed by atoms with van der Waals surface area (Å²) in [7, 11) is 0. The maximum Gasteiger partial charge on any atom is 0.249 e. The van der Waals surface area contributed by atoms with Gasteiger partial charge >= 0.3 is 0 Å². The molecule has 0 unspecified atom stereocenters. The molecular weight excluding hydrogens is 498 g/mol. The summed E-state index contributed by atoms with van der Waals surface area (Å²) in [5, 5.41) is 13.6. The highest BCUT2D eigenvalue weighted by Crippen LogP contribution is 2.58. The highest BCUT2D eigenvalue weighted by Gasteiger charge is 2.55. The molecule has 3 aromatic carbocycles. The smallest absolute Gasteiger partial charge is 0.249 e. The van der Waals surface area contributed by atoms with Crippen molar-refractivity contribution >= 4 is 17.5 Å². The number of fused-ring (bicyclic) bond motifs is 2. The molecule has 3 aromatic rings. The molecule has 8 heteroatoms. The molecule has 0 bridgehead atoms. The van der Waals surface area contributed by atoms with Crippen LogP contribution in [0.25, 0.3) is 11.1 Å². The normalized spacial score (nSPS) is 26.1. The van der Waals surface area contributed by atoms with Gasteiger partial charge in [0.05, 0.1) is 22.7 Å². The first-order valence-corrected chi connectivity index (χ1v) is 13.0. The van der Waals surface area contributed by atoms with Gasteiger partial charge in [0.1, 0.15) is 17.4 Å². The van der Waals surface area contributed by atoms with E-state index in [1.807, 2.05) is 37.3 Å². The lowest BCUT2D eigenvalue weighted by molar-refractivity contribution is 0.0333. The Balaban J connectivity index is 1.65. The number of rotatable bonds is 4. The molecule has 37 heavy (non-hydrogen) atoms. The van der Waals surface area contributed by atoms with E-state index in [4.69, 9.17) is 22.1 Å². The van der Waals surface area contributed by atoms with E-state index in [-0.39, 0.29) is 45.8 Å². The van der Waals surface area contributed by atoms with Crippen molar-refractivity contribution in [1.29, 1.82) is 0 Å². The van der Waals surface area contributed by atoms with Gasteiger partial charge in [-0.05, 0) is 55.0 Å². The van der Waals surface area contributed by atoms with Gasteiger partial charge in [-0.3, -0.25) is 4.79 Å². The molecule has 4 atom stereocenters. The van der Waals surface area contributed by atoms with Crippen molar-refractivity contribution in [1.82, 2.24) is 5.32 Å². The van der Waals surface area contributed by atoms with Gasteiger partial charge in [0.25, 0.3) is 0 Å². The van der Waals surface area contributed by atoms with Crippen molar-refractivity contribution in [2.75, 3.05) is 6.54 Å². The predicted octanol–water partition coefficient (Wildman–Crippen LogP) is 5.51. The van der Waals surface area contributed by atoms with E-state index in [1.165, 1.54) is 12.1 Å². The minimum absolute atomic E-state index is 0.0791. The summed E-state index contributed by atoms with van der Waals surface area (Å²) < 4.78 is 38.3. The van der Waals surface area contributed by atoms with Crippen LogP contribution in [0.5, 0.6) is 5.75 Å². The van der Waals surface area contributed by atoms with Crippen LogP contribution in [0.1, 0.15) is 70.8 Å². The van der Waals surface area contributed by atoms with Crippen molar-refractivity contribution in [3.63, 3.8) is 0 Å². The number of carbonyl (C=O) groups is 1. The summed E-state index contributed by atoms with van der Waals surface area (Å²) in [6.07, 6.45) is 1.52. The molecule has 192 valence electrons. The number of aliphatic hydroxyl groups is 1. The van der Waals surface area contributed by atoms with Crippen LogP contribution < -0.4 is 15.8 Å². The average Bonchev–Trinajstić information content (AvgIpc) is 3.61. The third-order valence-corrected chi connectivity index (χ3v) is 8.69. The number of carbonyl (C=O) groups excluding carboxylic acids is 1. The Bertz CT molecular complexity index is 1420. The van der Waals surface area contributed by atoms with E-state index < -0.39 is 29.2 Å². The highest BCUT2D eigenvalue weighted by molar-refractivity contribution is 6.34. The van der Waals surface area contributed by atoms with E-state index in [9.17, 15) is 9.90 Å². The first-order chi connectivity index (χ1) is 17.8. The van der Waals surface area contributed by atoms with Crippen LogP contribution in [-0.2, 0) is 12.0 Å². The minimum Gasteiger partial charge on any atom is -0.480 e. The molecule has 5 nitrogen and oxygen atoms in total. The molecule has 0 radical (unpaired) electrons. The van der Waals surface area contributed by atoms with Gasteiger partial charge in [0, 0.05) is 28.7 Å². The molecule has 1 aliphatic carbocycles. The van der Waals surface area contributed by atoms with Gasteiger partial charge in [0.2, 0.25) is 5.91 Å². The number of amides is 1. The Morgan fingerprint density at radius 2 is 1.95 bits per heavy atom. The van der Waals surface area contributed by atoms with Gasteiger partial charge in [0.15, 0.2) is 5.60 Å². The molecule has 1 saturated heterocycles. The third kappa shape index (κ3) is 3.44. The predicted molar refractivity (Wildman–Crippen MR) is 137 cm³/mol. The molecule has 2 aliphatic heterocycles. The van der Waals surface area contributed by atoms with E-state index in [0.717, 1.165) is 24.9 Å². The summed E-state index contributed by atoms with van der Waals surface area (Å²) in [6, 6.07) is 12.3. The maximum atomic E-state index is 16.2. The molecule has 6 rings (SSSR count). The quantitative estimate of drug-likeness (QED) is 0.420. The van der Waals surface area contributed by atoms with E-state index >= 15 is 8.78 Å². The lowest BCUT2D eigenvalue weighted by Crippen LogP contribution is -2.50. The first kappa shape index (κ1) is 24.3. The summed E-state index contributed by atoms with van der Waals surface area (Å²) in [5.74, 6) is -2.49. The maximum absolute atomic E-state index is 16.2. The van der Waals surface area contributed by atoms with Crippen LogP contribution in [0.15, 0.2) is 42.5 Å². The van der Waals surface area contributed by atoms with Crippen molar-refractivity contribution in [3.05, 3.63) is 86.9 Å². The Morgan fingerprint density at radius 3 is 2.62 bits per heavy atom. The second kappa shape index (κ2) is 8.79. The third-order valence-electron chi connectivity index (χ3n) is 8.32. The number of hydrogen-bond acceptors (Lipinski definition) is 4. The molecule has 2 heterocycles. The second-order valence-corrected chi connectivity index (χ2v) is 10.6. The minimum atomic E-state index is -0.901. The highest BCUT2D eigenvalue weighted by atomic mass is 35.5. The average molecular weight is 525 g/mol.